The van der Waals surface area contributed by atoms with E-state index in [1.165, 1.54) is 44.2 Å². The standard InChI is InChI=1S/C22H29F3O2/c1-2-15-3-5-16(6-4-15)17-7-9-18(10-8-17)21(26)27-20-13-11-19(12-14-20)22(23,24)25/h11-18H,2-10H2,1H3/t15-,16-,17?,18?. The first-order valence-electron chi connectivity index (χ1n) is 10.3. The molecule has 2 fully saturated rings. The van der Waals surface area contributed by atoms with E-state index in [4.69, 9.17) is 4.74 Å². The number of hydrogen-bond donors (Lipinski definition) is 0. The van der Waals surface area contributed by atoms with E-state index in [0.29, 0.717) is 0 Å². The Morgan fingerprint density at radius 3 is 1.93 bits per heavy atom. The summed E-state index contributed by atoms with van der Waals surface area (Å²) in [5.74, 6) is 2.18. The Morgan fingerprint density at radius 1 is 0.926 bits per heavy atom. The van der Waals surface area contributed by atoms with Crippen LogP contribution in [0, 0.1) is 23.7 Å². The molecular formula is C22H29F3O2. The molecule has 150 valence electrons. The van der Waals surface area contributed by atoms with Crippen LogP contribution in [0.25, 0.3) is 0 Å². The molecule has 2 saturated carbocycles. The molecule has 2 nitrogen and oxygen atoms in total. The number of alkyl halides is 3. The largest absolute Gasteiger partial charge is 0.426 e. The van der Waals surface area contributed by atoms with Gasteiger partial charge in [-0.25, -0.2) is 0 Å². The molecule has 0 unspecified atom stereocenters. The molecule has 3 rings (SSSR count). The van der Waals surface area contributed by atoms with Crippen molar-refractivity contribution >= 4 is 5.97 Å². The minimum absolute atomic E-state index is 0.129. The fourth-order valence-corrected chi connectivity index (χ4v) is 4.81. The summed E-state index contributed by atoms with van der Waals surface area (Å²) in [5.41, 5.74) is -0.736. The molecule has 0 aliphatic heterocycles. The summed E-state index contributed by atoms with van der Waals surface area (Å²) in [5, 5.41) is 0. The van der Waals surface area contributed by atoms with Crippen molar-refractivity contribution in [2.45, 2.75) is 70.9 Å². The summed E-state index contributed by atoms with van der Waals surface area (Å²) >= 11 is 0. The number of benzene rings is 1. The van der Waals surface area contributed by atoms with Gasteiger partial charge in [-0.05, 0) is 80.5 Å². The Morgan fingerprint density at radius 2 is 1.44 bits per heavy atom. The Labute approximate surface area is 159 Å². The van der Waals surface area contributed by atoms with E-state index in [-0.39, 0.29) is 17.6 Å². The highest BCUT2D eigenvalue weighted by Crippen LogP contribution is 2.42. The van der Waals surface area contributed by atoms with Crippen LogP contribution in [0.15, 0.2) is 24.3 Å². The molecule has 1 aromatic carbocycles. The Bertz CT molecular complexity index is 607. The maximum absolute atomic E-state index is 12.6. The molecule has 0 heterocycles. The molecule has 2 aliphatic carbocycles. The summed E-state index contributed by atoms with van der Waals surface area (Å²) < 4.78 is 43.1. The van der Waals surface area contributed by atoms with Gasteiger partial charge >= 0.3 is 12.1 Å². The summed E-state index contributed by atoms with van der Waals surface area (Å²) in [7, 11) is 0. The quantitative estimate of drug-likeness (QED) is 0.431. The Balaban J connectivity index is 1.46. The Hall–Kier alpha value is -1.52. The molecule has 5 heteroatoms. The van der Waals surface area contributed by atoms with Gasteiger partial charge in [-0.15, -0.1) is 0 Å². The van der Waals surface area contributed by atoms with E-state index >= 15 is 0 Å². The number of hydrogen-bond acceptors (Lipinski definition) is 2. The van der Waals surface area contributed by atoms with Crippen molar-refractivity contribution in [1.29, 1.82) is 0 Å². The van der Waals surface area contributed by atoms with Crippen molar-refractivity contribution in [3.8, 4) is 5.75 Å². The smallest absolute Gasteiger partial charge is 0.416 e. The highest BCUT2D eigenvalue weighted by molar-refractivity contribution is 5.75. The van der Waals surface area contributed by atoms with Crippen LogP contribution in [-0.2, 0) is 11.0 Å². The van der Waals surface area contributed by atoms with Gasteiger partial charge in [0.2, 0.25) is 0 Å². The third-order valence-corrected chi connectivity index (χ3v) is 6.64. The van der Waals surface area contributed by atoms with Crippen molar-refractivity contribution in [2.75, 3.05) is 0 Å². The molecule has 0 aromatic heterocycles. The van der Waals surface area contributed by atoms with E-state index in [9.17, 15) is 18.0 Å². The highest BCUT2D eigenvalue weighted by Gasteiger charge is 2.34. The number of carbonyl (C=O) groups excluding carboxylic acids is 1. The van der Waals surface area contributed by atoms with E-state index < -0.39 is 11.7 Å². The molecule has 0 saturated heterocycles. The van der Waals surface area contributed by atoms with E-state index in [2.05, 4.69) is 6.92 Å². The van der Waals surface area contributed by atoms with E-state index in [1.807, 2.05) is 0 Å². The lowest BCUT2D eigenvalue weighted by Crippen LogP contribution is -2.30. The first kappa shape index (κ1) is 20.2. The predicted molar refractivity (Wildman–Crippen MR) is 98.3 cm³/mol. The minimum atomic E-state index is -4.38. The van der Waals surface area contributed by atoms with E-state index in [1.54, 1.807) is 0 Å². The molecule has 0 spiro atoms. The molecule has 2 aliphatic rings. The van der Waals surface area contributed by atoms with Gasteiger partial charge in [-0.3, -0.25) is 4.79 Å². The first-order chi connectivity index (χ1) is 12.9. The van der Waals surface area contributed by atoms with Gasteiger partial charge in [0, 0.05) is 0 Å². The topological polar surface area (TPSA) is 26.3 Å². The van der Waals surface area contributed by atoms with Crippen LogP contribution in [0.4, 0.5) is 13.2 Å². The first-order valence-corrected chi connectivity index (χ1v) is 10.3. The number of ether oxygens (including phenoxy) is 1. The molecule has 0 amide bonds. The van der Waals surface area contributed by atoms with Crippen LogP contribution in [0.1, 0.15) is 70.3 Å². The third kappa shape index (κ3) is 5.26. The number of halogens is 3. The zero-order chi connectivity index (χ0) is 19.4. The molecule has 27 heavy (non-hydrogen) atoms. The number of carbonyl (C=O) groups is 1. The average Bonchev–Trinajstić information content (AvgIpc) is 2.68. The van der Waals surface area contributed by atoms with Gasteiger partial charge in [0.15, 0.2) is 0 Å². The summed E-state index contributed by atoms with van der Waals surface area (Å²) in [6.45, 7) is 2.28. The van der Waals surface area contributed by atoms with Gasteiger partial charge in [0.1, 0.15) is 5.75 Å². The van der Waals surface area contributed by atoms with Crippen molar-refractivity contribution in [3.63, 3.8) is 0 Å². The van der Waals surface area contributed by atoms with Crippen LogP contribution < -0.4 is 4.74 Å². The second-order valence-corrected chi connectivity index (χ2v) is 8.24. The lowest BCUT2D eigenvalue weighted by molar-refractivity contribution is -0.140. The monoisotopic (exact) mass is 382 g/mol. The molecule has 0 atom stereocenters. The lowest BCUT2D eigenvalue weighted by atomic mass is 9.69. The summed E-state index contributed by atoms with van der Waals surface area (Å²) in [6.07, 6.45) is 6.03. The molecule has 0 radical (unpaired) electrons. The van der Waals surface area contributed by atoms with Crippen LogP contribution >= 0.6 is 0 Å². The van der Waals surface area contributed by atoms with Crippen LogP contribution in [0.3, 0.4) is 0 Å². The maximum Gasteiger partial charge on any atom is 0.416 e. The second-order valence-electron chi connectivity index (χ2n) is 8.24. The number of rotatable bonds is 4. The van der Waals surface area contributed by atoms with Crippen LogP contribution in [0.5, 0.6) is 5.75 Å². The fraction of sp³-hybridized carbons (Fsp3) is 0.682. The Kier molecular flexibility index (Phi) is 6.48. The van der Waals surface area contributed by atoms with E-state index in [0.717, 1.165) is 55.6 Å². The minimum Gasteiger partial charge on any atom is -0.426 e. The van der Waals surface area contributed by atoms with Gasteiger partial charge in [0.25, 0.3) is 0 Å². The van der Waals surface area contributed by atoms with Crippen LogP contribution in [0.2, 0.25) is 0 Å². The molecule has 1 aromatic rings. The zero-order valence-electron chi connectivity index (χ0n) is 15.9. The van der Waals surface area contributed by atoms with Crippen molar-refractivity contribution in [3.05, 3.63) is 29.8 Å². The predicted octanol–water partition coefficient (Wildman–Crippen LogP) is 6.63. The zero-order valence-corrected chi connectivity index (χ0v) is 15.9. The normalized spacial score (nSPS) is 29.3. The fourth-order valence-electron chi connectivity index (χ4n) is 4.81. The highest BCUT2D eigenvalue weighted by atomic mass is 19.4. The summed E-state index contributed by atoms with van der Waals surface area (Å²) in [4.78, 5) is 12.4. The van der Waals surface area contributed by atoms with Crippen molar-refractivity contribution in [1.82, 2.24) is 0 Å². The van der Waals surface area contributed by atoms with Crippen molar-refractivity contribution < 1.29 is 22.7 Å². The number of esters is 1. The molecule has 0 N–H and O–H groups in total. The lowest BCUT2D eigenvalue weighted by Gasteiger charge is -2.37. The maximum atomic E-state index is 12.6. The van der Waals surface area contributed by atoms with Gasteiger partial charge in [-0.2, -0.15) is 13.2 Å². The molecule has 0 bridgehead atoms. The second kappa shape index (κ2) is 8.66. The SMILES string of the molecule is CC[C@H]1CC[C@H](C2CCC(C(=O)Oc3ccc(C(F)(F)F)cc3)CC2)CC1. The van der Waals surface area contributed by atoms with Gasteiger partial charge < -0.3 is 4.74 Å². The third-order valence-electron chi connectivity index (χ3n) is 6.64. The van der Waals surface area contributed by atoms with Gasteiger partial charge in [-0.1, -0.05) is 26.2 Å². The molecular weight excluding hydrogens is 353 g/mol. The average molecular weight is 382 g/mol. The van der Waals surface area contributed by atoms with Crippen molar-refractivity contribution in [2.24, 2.45) is 23.7 Å². The van der Waals surface area contributed by atoms with Gasteiger partial charge in [0.05, 0.1) is 11.5 Å². The van der Waals surface area contributed by atoms with Crippen LogP contribution in [-0.4, -0.2) is 5.97 Å². The summed E-state index contributed by atoms with van der Waals surface area (Å²) in [6, 6.07) is 4.34.